The Kier molecular flexibility index (Phi) is 8.99. The maximum atomic E-state index is 11.2. The maximum Gasteiger partial charge on any atom is 0.191 e. The van der Waals surface area contributed by atoms with Crippen molar-refractivity contribution in [3.8, 4) is 0 Å². The van der Waals surface area contributed by atoms with Crippen LogP contribution in [0.1, 0.15) is 19.4 Å². The molecule has 0 aliphatic rings. The summed E-state index contributed by atoms with van der Waals surface area (Å²) in [7, 11) is -0.929. The third-order valence-electron chi connectivity index (χ3n) is 2.77. The summed E-state index contributed by atoms with van der Waals surface area (Å²) in [6.07, 6.45) is 1.67. The molecule has 0 bridgehead atoms. The molecule has 6 heteroatoms. The van der Waals surface area contributed by atoms with Gasteiger partial charge >= 0.3 is 0 Å². The fraction of sp³-hybridized carbons (Fsp3) is 0.462. The van der Waals surface area contributed by atoms with Gasteiger partial charge in [0.1, 0.15) is 0 Å². The molecular formula is C13H22IN3OS. The summed E-state index contributed by atoms with van der Waals surface area (Å²) in [5.74, 6) is 0.572. The first-order valence-corrected chi connectivity index (χ1v) is 7.61. The number of aliphatic imine (C=N–C) groups is 1. The summed E-state index contributed by atoms with van der Waals surface area (Å²) in [5.41, 5.74) is 6.96. The highest BCUT2D eigenvalue weighted by Crippen LogP contribution is 2.08. The summed E-state index contributed by atoms with van der Waals surface area (Å²) in [6.45, 7) is 6.38. The molecule has 0 fully saturated rings. The van der Waals surface area contributed by atoms with Gasteiger partial charge < -0.3 is 10.6 Å². The van der Waals surface area contributed by atoms with Crippen molar-refractivity contribution in [1.29, 1.82) is 0 Å². The molecule has 2 N–H and O–H groups in total. The highest BCUT2D eigenvalue weighted by Gasteiger charge is 2.02. The molecule has 19 heavy (non-hydrogen) atoms. The molecule has 0 aliphatic carbocycles. The van der Waals surface area contributed by atoms with Gasteiger partial charge in [0.25, 0.3) is 0 Å². The third-order valence-corrected chi connectivity index (χ3v) is 3.70. The molecule has 0 amide bonds. The average molecular weight is 395 g/mol. The monoisotopic (exact) mass is 395 g/mol. The van der Waals surface area contributed by atoms with E-state index in [1.807, 2.05) is 29.2 Å². The molecule has 1 atom stereocenters. The number of hydrogen-bond acceptors (Lipinski definition) is 2. The Morgan fingerprint density at radius 1 is 1.26 bits per heavy atom. The molecule has 108 valence electrons. The van der Waals surface area contributed by atoms with E-state index in [1.165, 1.54) is 0 Å². The number of nitrogens with zero attached hydrogens (tertiary/aromatic N) is 2. The zero-order valence-electron chi connectivity index (χ0n) is 11.6. The van der Waals surface area contributed by atoms with Gasteiger partial charge in [0.05, 0.1) is 6.54 Å². The van der Waals surface area contributed by atoms with Crippen molar-refractivity contribution in [2.45, 2.75) is 25.3 Å². The SMILES string of the molecule is CCN(CC)C(N)=NCc1ccc(S(C)=O)cc1.I. The van der Waals surface area contributed by atoms with Crippen LogP contribution in [0.5, 0.6) is 0 Å². The topological polar surface area (TPSA) is 58.7 Å². The molecule has 0 spiro atoms. The van der Waals surface area contributed by atoms with Gasteiger partial charge in [0.15, 0.2) is 5.96 Å². The maximum absolute atomic E-state index is 11.2. The molecule has 1 aromatic carbocycles. The standard InChI is InChI=1S/C13H21N3OS.HI/c1-4-16(5-2)13(14)15-10-11-6-8-12(9-7-11)18(3)17;/h6-9H,4-5,10H2,1-3H3,(H2,14,15);1H. The largest absolute Gasteiger partial charge is 0.370 e. The van der Waals surface area contributed by atoms with E-state index in [-0.39, 0.29) is 24.0 Å². The number of rotatable bonds is 5. The fourth-order valence-corrected chi connectivity index (χ4v) is 2.13. The first-order valence-electron chi connectivity index (χ1n) is 6.05. The zero-order chi connectivity index (χ0) is 13.5. The number of nitrogens with two attached hydrogens (primary N) is 1. The van der Waals surface area contributed by atoms with E-state index in [4.69, 9.17) is 5.73 Å². The van der Waals surface area contributed by atoms with Crippen molar-refractivity contribution in [1.82, 2.24) is 4.90 Å². The van der Waals surface area contributed by atoms with Crippen LogP contribution in [0.15, 0.2) is 34.2 Å². The molecule has 0 saturated carbocycles. The van der Waals surface area contributed by atoms with Crippen molar-refractivity contribution in [3.05, 3.63) is 29.8 Å². The van der Waals surface area contributed by atoms with Crippen molar-refractivity contribution in [2.75, 3.05) is 19.3 Å². The lowest BCUT2D eigenvalue weighted by Gasteiger charge is -2.19. The second-order valence-corrected chi connectivity index (χ2v) is 5.32. The number of guanidine groups is 1. The first kappa shape index (κ1) is 18.4. The van der Waals surface area contributed by atoms with Gasteiger partial charge in [-0.25, -0.2) is 4.99 Å². The fourth-order valence-electron chi connectivity index (χ4n) is 1.61. The second kappa shape index (κ2) is 9.30. The van der Waals surface area contributed by atoms with E-state index in [2.05, 4.69) is 18.8 Å². The van der Waals surface area contributed by atoms with Crippen LogP contribution in [0.4, 0.5) is 0 Å². The minimum atomic E-state index is -0.929. The van der Waals surface area contributed by atoms with Crippen LogP contribution < -0.4 is 5.73 Å². The van der Waals surface area contributed by atoms with E-state index < -0.39 is 10.8 Å². The van der Waals surface area contributed by atoms with E-state index >= 15 is 0 Å². The van der Waals surface area contributed by atoms with Gasteiger partial charge in [0.2, 0.25) is 0 Å². The average Bonchev–Trinajstić information content (AvgIpc) is 2.38. The van der Waals surface area contributed by atoms with Crippen LogP contribution in [0.25, 0.3) is 0 Å². The summed E-state index contributed by atoms with van der Waals surface area (Å²) in [5, 5.41) is 0. The van der Waals surface area contributed by atoms with Crippen molar-refractivity contribution in [3.63, 3.8) is 0 Å². The van der Waals surface area contributed by atoms with Crippen LogP contribution in [0.2, 0.25) is 0 Å². The van der Waals surface area contributed by atoms with Crippen LogP contribution in [0, 0.1) is 0 Å². The van der Waals surface area contributed by atoms with Gasteiger partial charge in [-0.15, -0.1) is 24.0 Å². The normalized spacial score (nSPS) is 12.7. The predicted octanol–water partition coefficient (Wildman–Crippen LogP) is 2.20. The van der Waals surface area contributed by atoms with Crippen LogP contribution in [-0.2, 0) is 17.3 Å². The minimum Gasteiger partial charge on any atom is -0.370 e. The lowest BCUT2D eigenvalue weighted by molar-refractivity contribution is 0.458. The quantitative estimate of drug-likeness (QED) is 0.473. The Morgan fingerprint density at radius 2 is 1.79 bits per heavy atom. The second-order valence-electron chi connectivity index (χ2n) is 3.94. The Bertz CT molecular complexity index is 430. The van der Waals surface area contributed by atoms with E-state index in [0.717, 1.165) is 23.5 Å². The van der Waals surface area contributed by atoms with Crippen LogP contribution in [0.3, 0.4) is 0 Å². The summed E-state index contributed by atoms with van der Waals surface area (Å²) < 4.78 is 11.2. The predicted molar refractivity (Wildman–Crippen MR) is 92.4 cm³/mol. The Morgan fingerprint density at radius 3 is 2.21 bits per heavy atom. The lowest BCUT2D eigenvalue weighted by Crippen LogP contribution is -2.37. The molecule has 0 saturated heterocycles. The van der Waals surface area contributed by atoms with Gasteiger partial charge in [-0.3, -0.25) is 4.21 Å². The summed E-state index contributed by atoms with van der Waals surface area (Å²) >= 11 is 0. The number of benzene rings is 1. The molecule has 1 rings (SSSR count). The lowest BCUT2D eigenvalue weighted by atomic mass is 10.2. The van der Waals surface area contributed by atoms with E-state index in [0.29, 0.717) is 12.5 Å². The van der Waals surface area contributed by atoms with Crippen LogP contribution in [-0.4, -0.2) is 34.4 Å². The minimum absolute atomic E-state index is 0. The van der Waals surface area contributed by atoms with Gasteiger partial charge in [-0.05, 0) is 31.5 Å². The zero-order valence-corrected chi connectivity index (χ0v) is 14.8. The highest BCUT2D eigenvalue weighted by molar-refractivity contribution is 14.0. The van der Waals surface area contributed by atoms with E-state index in [9.17, 15) is 4.21 Å². The Hall–Kier alpha value is -0.630. The number of hydrogen-bond donors (Lipinski definition) is 1. The Labute approximate surface area is 134 Å². The highest BCUT2D eigenvalue weighted by atomic mass is 127. The molecule has 0 heterocycles. The molecule has 1 unspecified atom stereocenters. The Balaban J connectivity index is 0.00000324. The van der Waals surface area contributed by atoms with Gasteiger partial charge in [-0.2, -0.15) is 0 Å². The molecule has 0 radical (unpaired) electrons. The smallest absolute Gasteiger partial charge is 0.191 e. The molecular weight excluding hydrogens is 373 g/mol. The van der Waals surface area contributed by atoms with Crippen molar-refractivity contribution in [2.24, 2.45) is 10.7 Å². The van der Waals surface area contributed by atoms with Crippen molar-refractivity contribution >= 4 is 40.7 Å². The van der Waals surface area contributed by atoms with Crippen LogP contribution >= 0.6 is 24.0 Å². The molecule has 1 aromatic rings. The van der Waals surface area contributed by atoms with Gasteiger partial charge in [0, 0.05) is 35.0 Å². The van der Waals surface area contributed by atoms with Crippen molar-refractivity contribution < 1.29 is 4.21 Å². The molecule has 0 aliphatic heterocycles. The molecule has 0 aromatic heterocycles. The number of halogens is 1. The first-order chi connectivity index (χ1) is 8.58. The molecule has 4 nitrogen and oxygen atoms in total. The summed E-state index contributed by atoms with van der Waals surface area (Å²) in [6, 6.07) is 7.62. The third kappa shape index (κ3) is 5.90. The van der Waals surface area contributed by atoms with E-state index in [1.54, 1.807) is 6.26 Å². The summed E-state index contributed by atoms with van der Waals surface area (Å²) in [4.78, 5) is 7.20. The van der Waals surface area contributed by atoms with Gasteiger partial charge in [-0.1, -0.05) is 12.1 Å².